The Kier molecular flexibility index (Phi) is 13.3. The van der Waals surface area contributed by atoms with Crippen molar-refractivity contribution in [2.75, 3.05) is 26.2 Å². The van der Waals surface area contributed by atoms with Crippen LogP contribution in [0.25, 0.3) is 0 Å². The minimum Gasteiger partial charge on any atom is -0.340 e. The van der Waals surface area contributed by atoms with Crippen LogP contribution in [0.4, 0.5) is 0 Å². The molecule has 2 aromatic rings. The highest BCUT2D eigenvalue weighted by atomic mass is 16.7. The fourth-order valence-corrected chi connectivity index (χ4v) is 10.2. The Bertz CT molecular complexity index is 1670. The molecule has 2 fully saturated rings. The van der Waals surface area contributed by atoms with Crippen LogP contribution in [0.5, 0.6) is 11.5 Å². The summed E-state index contributed by atoms with van der Waals surface area (Å²) in [4.78, 5) is 0. The first-order chi connectivity index (χ1) is 26.3. The van der Waals surface area contributed by atoms with E-state index in [0.717, 1.165) is 24.3 Å². The summed E-state index contributed by atoms with van der Waals surface area (Å²) in [6.07, 6.45) is 26.2. The van der Waals surface area contributed by atoms with Crippen molar-refractivity contribution in [3.63, 3.8) is 0 Å². The van der Waals surface area contributed by atoms with Gasteiger partial charge in [0.25, 0.3) is 0 Å². The van der Waals surface area contributed by atoms with Gasteiger partial charge in [-0.2, -0.15) is 0 Å². The lowest BCUT2D eigenvalue weighted by Crippen LogP contribution is -2.60. The molecule has 55 heavy (non-hydrogen) atoms. The molecular weight excluding hydrogens is 675 g/mol. The van der Waals surface area contributed by atoms with Gasteiger partial charge in [-0.15, -0.1) is 0 Å². The maximum Gasteiger partial charge on any atom is 0.704 e. The van der Waals surface area contributed by atoms with Crippen LogP contribution in [-0.2, 0) is 23.7 Å². The Morgan fingerprint density at radius 2 is 0.964 bits per heavy atom. The molecule has 0 radical (unpaired) electrons. The van der Waals surface area contributed by atoms with Gasteiger partial charge in [-0.05, 0) is 98.3 Å². The zero-order chi connectivity index (χ0) is 39.4. The number of quaternary nitrogens is 1. The molecule has 0 aromatic heterocycles. The van der Waals surface area contributed by atoms with E-state index < -0.39 is 6.03 Å². The van der Waals surface area contributed by atoms with Gasteiger partial charge in [-0.1, -0.05) is 123 Å². The van der Waals surface area contributed by atoms with Crippen molar-refractivity contribution in [3.05, 3.63) is 57.6 Å². The van der Waals surface area contributed by atoms with Crippen LogP contribution in [-0.4, -0.2) is 70.4 Å². The van der Waals surface area contributed by atoms with E-state index in [2.05, 4.69) is 115 Å². The zero-order valence-corrected chi connectivity index (χ0v) is 37.1. The van der Waals surface area contributed by atoms with Crippen LogP contribution in [0.2, 0.25) is 0 Å². The van der Waals surface area contributed by atoms with Gasteiger partial charge in [0.15, 0.2) is 23.9 Å². The Labute approximate surface area is 337 Å². The number of benzene rings is 2. The Hall–Kier alpha value is -2.66. The molecule has 1 saturated heterocycles. The second-order valence-electron chi connectivity index (χ2n) is 20.1. The first-order valence-corrected chi connectivity index (χ1v) is 23.1. The standard InChI is InChI=1S/C50H80N3O2/c1-11-15-19-24-38-32-40-36-51-44-26-20-21-27-45(44)52-37-41-33-39(25-22-23-31-53(28-16-12-2,29-17-13-3)30-18-14-4)35-43(49(8,9)10)47(41)55-50(51,52)54-46(40)42(34-38)48(5,6)7/h32-37,44-45H,11-31H2,1-10H3/q+3. The van der Waals surface area contributed by atoms with E-state index in [1.54, 1.807) is 0 Å². The monoisotopic (exact) mass is 755 g/mol. The van der Waals surface area contributed by atoms with Crippen molar-refractivity contribution in [3.8, 4) is 11.5 Å². The van der Waals surface area contributed by atoms with Crippen molar-refractivity contribution >= 4 is 12.4 Å². The summed E-state index contributed by atoms with van der Waals surface area (Å²) in [5.74, 6) is 2.01. The van der Waals surface area contributed by atoms with E-state index in [0.29, 0.717) is 12.1 Å². The molecule has 4 aliphatic rings. The topological polar surface area (TPSA) is 24.5 Å². The fraction of sp³-hybridized carbons (Fsp3) is 0.720. The van der Waals surface area contributed by atoms with Crippen molar-refractivity contribution in [1.82, 2.24) is 0 Å². The van der Waals surface area contributed by atoms with Crippen molar-refractivity contribution < 1.29 is 23.1 Å². The van der Waals surface area contributed by atoms with Crippen molar-refractivity contribution in [1.29, 1.82) is 0 Å². The molecule has 3 aliphatic heterocycles. The smallest absolute Gasteiger partial charge is 0.340 e. The molecule has 3 unspecified atom stereocenters. The first kappa shape index (κ1) is 42.0. The van der Waals surface area contributed by atoms with E-state index in [4.69, 9.17) is 9.47 Å². The number of ether oxygens (including phenoxy) is 2. The normalized spacial score (nSPS) is 21.7. The number of aryl methyl sites for hydroxylation is 2. The molecule has 5 nitrogen and oxygen atoms in total. The predicted octanol–water partition coefficient (Wildman–Crippen LogP) is 11.8. The molecular formula is C50H80N3O2+3. The van der Waals surface area contributed by atoms with E-state index in [1.165, 1.54) is 160 Å². The highest BCUT2D eigenvalue weighted by Crippen LogP contribution is 2.49. The van der Waals surface area contributed by atoms with Crippen LogP contribution >= 0.6 is 0 Å². The number of hydrogen-bond acceptors (Lipinski definition) is 2. The molecule has 1 aliphatic carbocycles. The lowest BCUT2D eigenvalue weighted by Gasteiger charge is -2.39. The average Bonchev–Trinajstić information content (AvgIpc) is 3.42. The first-order valence-electron chi connectivity index (χ1n) is 23.1. The molecule has 5 heteroatoms. The van der Waals surface area contributed by atoms with Crippen LogP contribution in [0.1, 0.15) is 199 Å². The van der Waals surface area contributed by atoms with Gasteiger partial charge in [0.05, 0.1) is 37.3 Å². The van der Waals surface area contributed by atoms with E-state index >= 15 is 0 Å². The summed E-state index contributed by atoms with van der Waals surface area (Å²) < 4.78 is 21.4. The van der Waals surface area contributed by atoms with Crippen molar-refractivity contribution in [2.45, 2.75) is 207 Å². The molecule has 0 bridgehead atoms. The third-order valence-electron chi connectivity index (χ3n) is 13.4. The van der Waals surface area contributed by atoms with E-state index in [9.17, 15) is 0 Å². The number of unbranched alkanes of at least 4 members (excludes halogenated alkanes) is 6. The SMILES string of the molecule is CCCCCc1cc2c(c(C(C)(C)C)c1)OC13Oc4c(cc(CCCC[N+](CCCC)(CCCC)CCCC)cc4C(C)(C)C)C=[N+]1C1CCCCC1[N+]3=C2. The molecule has 304 valence electrons. The van der Waals surface area contributed by atoms with E-state index in [-0.39, 0.29) is 10.8 Å². The largest absolute Gasteiger partial charge is 0.704 e. The molecule has 1 saturated carbocycles. The summed E-state index contributed by atoms with van der Waals surface area (Å²) in [5, 5.41) is 0. The predicted molar refractivity (Wildman–Crippen MR) is 232 cm³/mol. The quantitative estimate of drug-likeness (QED) is 0.0860. The summed E-state index contributed by atoms with van der Waals surface area (Å²) >= 11 is 0. The molecule has 1 spiro atoms. The molecule has 3 heterocycles. The van der Waals surface area contributed by atoms with Crippen molar-refractivity contribution in [2.24, 2.45) is 0 Å². The molecule has 2 aromatic carbocycles. The molecule has 6 rings (SSSR count). The second kappa shape index (κ2) is 17.5. The number of nitrogens with zero attached hydrogens (tertiary/aromatic N) is 3. The van der Waals surface area contributed by atoms with Gasteiger partial charge in [-0.25, -0.2) is 0 Å². The minimum atomic E-state index is -1.01. The van der Waals surface area contributed by atoms with Gasteiger partial charge in [-0.3, -0.25) is 0 Å². The number of hydrogen-bond donors (Lipinski definition) is 0. The average molecular weight is 755 g/mol. The summed E-state index contributed by atoms with van der Waals surface area (Å²) in [6.45, 7) is 28.8. The Morgan fingerprint density at radius 1 is 0.564 bits per heavy atom. The minimum absolute atomic E-state index is 0.0595. The third-order valence-corrected chi connectivity index (χ3v) is 13.4. The number of fused-ring (bicyclic) bond motifs is 5. The zero-order valence-electron chi connectivity index (χ0n) is 37.1. The number of rotatable bonds is 18. The Balaban J connectivity index is 1.35. The lowest BCUT2D eigenvalue weighted by molar-refractivity contribution is -0.929. The highest BCUT2D eigenvalue weighted by Gasteiger charge is 2.76. The van der Waals surface area contributed by atoms with Gasteiger partial charge in [0.1, 0.15) is 0 Å². The fourth-order valence-electron chi connectivity index (χ4n) is 10.2. The van der Waals surface area contributed by atoms with Crippen LogP contribution in [0.15, 0.2) is 24.3 Å². The van der Waals surface area contributed by atoms with E-state index in [1.807, 2.05) is 0 Å². The van der Waals surface area contributed by atoms with Gasteiger partial charge in [0, 0.05) is 24.0 Å². The molecule has 0 amide bonds. The third kappa shape index (κ3) is 8.92. The second-order valence-corrected chi connectivity index (χ2v) is 20.1. The van der Waals surface area contributed by atoms with Gasteiger partial charge < -0.3 is 14.0 Å². The van der Waals surface area contributed by atoms with Crippen LogP contribution < -0.4 is 9.47 Å². The molecule has 0 N–H and O–H groups in total. The molecule has 3 atom stereocenters. The highest BCUT2D eigenvalue weighted by molar-refractivity contribution is 5.85. The van der Waals surface area contributed by atoms with Gasteiger partial charge in [0.2, 0.25) is 12.1 Å². The maximum absolute atomic E-state index is 7.53. The lowest BCUT2D eigenvalue weighted by atomic mass is 9.83. The van der Waals surface area contributed by atoms with Crippen LogP contribution in [0.3, 0.4) is 0 Å². The maximum atomic E-state index is 7.53. The summed E-state index contributed by atoms with van der Waals surface area (Å²) in [7, 11) is 0. The van der Waals surface area contributed by atoms with Gasteiger partial charge >= 0.3 is 6.03 Å². The summed E-state index contributed by atoms with van der Waals surface area (Å²) in [5.41, 5.74) is 7.80. The summed E-state index contributed by atoms with van der Waals surface area (Å²) in [6, 6.07) is 9.52. The Morgan fingerprint density at radius 3 is 1.36 bits per heavy atom. The van der Waals surface area contributed by atoms with Crippen LogP contribution in [0, 0.1) is 0 Å².